The Labute approximate surface area is 140 Å². The van der Waals surface area contributed by atoms with E-state index in [2.05, 4.69) is 9.97 Å². The smallest absolute Gasteiger partial charge is 0.275 e. The lowest BCUT2D eigenvalue weighted by molar-refractivity contribution is 0.355. The quantitative estimate of drug-likeness (QED) is 0.570. The summed E-state index contributed by atoms with van der Waals surface area (Å²) in [6, 6.07) is 9.12. The predicted molar refractivity (Wildman–Crippen MR) is 93.0 cm³/mol. The number of imidazole rings is 1. The van der Waals surface area contributed by atoms with Gasteiger partial charge in [0.05, 0.1) is 35.5 Å². The van der Waals surface area contributed by atoms with E-state index in [-0.39, 0.29) is 5.56 Å². The molecule has 0 N–H and O–H groups in total. The van der Waals surface area contributed by atoms with E-state index >= 15 is 0 Å². The number of nitrogens with zero attached hydrogens (tertiary/aromatic N) is 3. The molecule has 6 nitrogen and oxygen atoms in total. The first-order valence-corrected chi connectivity index (χ1v) is 8.02. The van der Waals surface area contributed by atoms with Crippen molar-refractivity contribution in [2.45, 2.75) is 0 Å². The summed E-state index contributed by atoms with van der Waals surface area (Å²) in [4.78, 5) is 22.2. The number of hydrogen-bond donors (Lipinski definition) is 0. The van der Waals surface area contributed by atoms with E-state index in [0.29, 0.717) is 32.0 Å². The predicted octanol–water partition coefficient (Wildman–Crippen LogP) is 1.87. The van der Waals surface area contributed by atoms with Gasteiger partial charge in [0.15, 0.2) is 16.5 Å². The topological polar surface area (TPSA) is 65.7 Å². The molecule has 120 valence electrons. The minimum atomic E-state index is -0.115. The highest BCUT2D eigenvalue weighted by atomic mass is 32.1. The highest BCUT2D eigenvalue weighted by Crippen LogP contribution is 2.32. The van der Waals surface area contributed by atoms with Gasteiger partial charge in [0.1, 0.15) is 0 Å². The maximum atomic E-state index is 12.8. The van der Waals surface area contributed by atoms with Crippen molar-refractivity contribution in [3.63, 3.8) is 0 Å². The van der Waals surface area contributed by atoms with Crippen LogP contribution < -0.4 is 19.6 Å². The third-order valence-electron chi connectivity index (χ3n) is 3.71. The van der Waals surface area contributed by atoms with Crippen LogP contribution >= 0.6 is 11.3 Å². The lowest BCUT2D eigenvalue weighted by Gasteiger charge is -2.06. The molecule has 0 atom stereocenters. The summed E-state index contributed by atoms with van der Waals surface area (Å²) in [5.74, 6) is 1.15. The molecule has 3 heterocycles. The van der Waals surface area contributed by atoms with Crippen molar-refractivity contribution in [2.24, 2.45) is 0 Å². The first-order valence-electron chi connectivity index (χ1n) is 7.21. The molecule has 0 spiro atoms. The Morgan fingerprint density at radius 1 is 1.17 bits per heavy atom. The molecule has 0 saturated carbocycles. The first-order chi connectivity index (χ1) is 11.7. The molecule has 7 heteroatoms. The average molecular weight is 339 g/mol. The molecule has 1 aromatic carbocycles. The second-order valence-electron chi connectivity index (χ2n) is 5.10. The van der Waals surface area contributed by atoms with Gasteiger partial charge in [0.25, 0.3) is 5.56 Å². The normalized spacial score (nSPS) is 12.2. The van der Waals surface area contributed by atoms with Crippen LogP contribution in [0.3, 0.4) is 0 Å². The Morgan fingerprint density at radius 2 is 1.96 bits per heavy atom. The first kappa shape index (κ1) is 14.6. The SMILES string of the molecule is COc1cc2nc3s/c(=C\c4ccccn4)c(=O)n3c2cc1OC. The van der Waals surface area contributed by atoms with Crippen LogP contribution in [-0.2, 0) is 0 Å². The molecular formula is C17H13N3O3S. The van der Waals surface area contributed by atoms with E-state index in [9.17, 15) is 4.79 Å². The fraction of sp³-hybridized carbons (Fsp3) is 0.118. The summed E-state index contributed by atoms with van der Waals surface area (Å²) >= 11 is 1.33. The van der Waals surface area contributed by atoms with Gasteiger partial charge in [-0.1, -0.05) is 17.4 Å². The van der Waals surface area contributed by atoms with Crippen LogP contribution in [-0.4, -0.2) is 28.6 Å². The van der Waals surface area contributed by atoms with Gasteiger partial charge >= 0.3 is 0 Å². The third-order valence-corrected chi connectivity index (χ3v) is 4.68. The van der Waals surface area contributed by atoms with Crippen LogP contribution in [0.15, 0.2) is 41.3 Å². The van der Waals surface area contributed by atoms with Crippen LogP contribution in [0.2, 0.25) is 0 Å². The van der Waals surface area contributed by atoms with Crippen molar-refractivity contribution < 1.29 is 9.47 Å². The summed E-state index contributed by atoms with van der Waals surface area (Å²) in [6.45, 7) is 0. The molecule has 4 rings (SSSR count). The number of hydrogen-bond acceptors (Lipinski definition) is 6. The number of benzene rings is 1. The highest BCUT2D eigenvalue weighted by molar-refractivity contribution is 7.15. The minimum Gasteiger partial charge on any atom is -0.493 e. The molecule has 24 heavy (non-hydrogen) atoms. The minimum absolute atomic E-state index is 0.115. The summed E-state index contributed by atoms with van der Waals surface area (Å²) in [5.41, 5.74) is 2.02. The number of methoxy groups -OCH3 is 2. The Balaban J connectivity index is 2.00. The van der Waals surface area contributed by atoms with Crippen molar-refractivity contribution in [3.8, 4) is 11.5 Å². The van der Waals surface area contributed by atoms with Crippen molar-refractivity contribution in [1.82, 2.24) is 14.4 Å². The van der Waals surface area contributed by atoms with E-state index in [1.807, 2.05) is 18.2 Å². The Hall–Kier alpha value is -2.93. The maximum Gasteiger partial charge on any atom is 0.275 e. The van der Waals surface area contributed by atoms with Gasteiger partial charge in [-0.15, -0.1) is 0 Å². The molecule has 0 unspecified atom stereocenters. The molecule has 0 aliphatic carbocycles. The fourth-order valence-electron chi connectivity index (χ4n) is 2.59. The van der Waals surface area contributed by atoms with Gasteiger partial charge < -0.3 is 9.47 Å². The zero-order valence-corrected chi connectivity index (χ0v) is 13.8. The highest BCUT2D eigenvalue weighted by Gasteiger charge is 2.15. The maximum absolute atomic E-state index is 12.8. The molecule has 0 fully saturated rings. The Morgan fingerprint density at radius 3 is 2.67 bits per heavy atom. The standard InChI is InChI=1S/C17H13N3O3S/c1-22-13-8-11-12(9-14(13)23-2)20-16(21)15(24-17(20)19-11)7-10-5-3-4-6-18-10/h3-9H,1-2H3/b15-7-. The van der Waals surface area contributed by atoms with Crippen LogP contribution in [0.1, 0.15) is 5.69 Å². The lowest BCUT2D eigenvalue weighted by atomic mass is 10.2. The fourth-order valence-corrected chi connectivity index (χ4v) is 3.56. The van der Waals surface area contributed by atoms with Crippen molar-refractivity contribution in [3.05, 3.63) is 57.1 Å². The molecule has 3 aromatic heterocycles. The monoisotopic (exact) mass is 339 g/mol. The van der Waals surface area contributed by atoms with Crippen LogP contribution in [0.4, 0.5) is 0 Å². The molecule has 0 saturated heterocycles. The Bertz CT molecular complexity index is 1150. The summed E-state index contributed by atoms with van der Waals surface area (Å²) in [5, 5.41) is 0. The molecule has 0 amide bonds. The average Bonchev–Trinajstić information content (AvgIpc) is 3.10. The van der Waals surface area contributed by atoms with E-state index < -0.39 is 0 Å². The van der Waals surface area contributed by atoms with Crippen LogP contribution in [0.5, 0.6) is 11.5 Å². The number of aromatic nitrogens is 3. The van der Waals surface area contributed by atoms with Gasteiger partial charge in [-0.25, -0.2) is 9.38 Å². The van der Waals surface area contributed by atoms with E-state index in [4.69, 9.17) is 9.47 Å². The van der Waals surface area contributed by atoms with Gasteiger partial charge in [-0.2, -0.15) is 0 Å². The number of fused-ring (bicyclic) bond motifs is 3. The molecule has 0 bridgehead atoms. The second kappa shape index (κ2) is 5.61. The molecule has 0 radical (unpaired) electrons. The Kier molecular flexibility index (Phi) is 3.42. The molecule has 0 aliphatic heterocycles. The van der Waals surface area contributed by atoms with Crippen molar-refractivity contribution in [1.29, 1.82) is 0 Å². The van der Waals surface area contributed by atoms with Gasteiger partial charge in [0.2, 0.25) is 0 Å². The van der Waals surface area contributed by atoms with E-state index in [0.717, 1.165) is 5.69 Å². The number of thiazole rings is 1. The van der Waals surface area contributed by atoms with Crippen molar-refractivity contribution in [2.75, 3.05) is 14.2 Å². The molecule has 4 aromatic rings. The lowest BCUT2D eigenvalue weighted by Crippen LogP contribution is -2.22. The zero-order valence-electron chi connectivity index (χ0n) is 13.0. The van der Waals surface area contributed by atoms with E-state index in [1.54, 1.807) is 43.0 Å². The van der Waals surface area contributed by atoms with E-state index in [1.165, 1.54) is 11.3 Å². The summed E-state index contributed by atoms with van der Waals surface area (Å²) in [6.07, 6.45) is 3.47. The largest absolute Gasteiger partial charge is 0.493 e. The van der Waals surface area contributed by atoms with Crippen LogP contribution in [0, 0.1) is 0 Å². The molecular weight excluding hydrogens is 326 g/mol. The molecule has 0 aliphatic rings. The third kappa shape index (κ3) is 2.21. The van der Waals surface area contributed by atoms with Gasteiger partial charge in [-0.3, -0.25) is 9.78 Å². The zero-order chi connectivity index (χ0) is 16.7. The summed E-state index contributed by atoms with van der Waals surface area (Å²) in [7, 11) is 3.13. The van der Waals surface area contributed by atoms with Crippen molar-refractivity contribution >= 4 is 33.4 Å². The van der Waals surface area contributed by atoms with Gasteiger partial charge in [0, 0.05) is 18.3 Å². The number of ether oxygens (including phenoxy) is 2. The number of rotatable bonds is 3. The second-order valence-corrected chi connectivity index (χ2v) is 6.11. The van der Waals surface area contributed by atoms with Gasteiger partial charge in [-0.05, 0) is 18.2 Å². The van der Waals surface area contributed by atoms with Crippen LogP contribution in [0.25, 0.3) is 22.1 Å². The number of pyridine rings is 1. The summed E-state index contributed by atoms with van der Waals surface area (Å²) < 4.78 is 12.8.